The lowest BCUT2D eigenvalue weighted by atomic mass is 9.78. The molecule has 0 saturated heterocycles. The summed E-state index contributed by atoms with van der Waals surface area (Å²) in [6, 6.07) is 18.9. The van der Waals surface area contributed by atoms with Gasteiger partial charge in [-0.1, -0.05) is 85.4 Å². The standard InChI is InChI=1S/C19H26N6O2.C18H29NO2.CH4/c1-24(2)22-18(26)20-16-9-5-14(6-10-16)13-15-7-11-17(12-8-15)21-19(27)23-25(3)4;1-17(2,3)13-10-12(8-9-15(20)19-7)11-14(16(13)21)18(4,5)6;/h5-12H,13H2,1-4H3,(H2,20,22,26)(H2,21,23,27);10-11,21H,8-9H2,1-7H3,(H,19,20);1H4. The fourth-order valence-electron chi connectivity index (χ4n) is 4.74. The van der Waals surface area contributed by atoms with Crippen molar-refractivity contribution in [3.05, 3.63) is 88.5 Å². The van der Waals surface area contributed by atoms with Crippen molar-refractivity contribution in [2.24, 2.45) is 0 Å². The van der Waals surface area contributed by atoms with E-state index < -0.39 is 0 Å². The molecule has 0 aliphatic rings. The molecule has 0 saturated carbocycles. The van der Waals surface area contributed by atoms with Gasteiger partial charge in [0.2, 0.25) is 5.91 Å². The van der Waals surface area contributed by atoms with Crippen LogP contribution in [0.4, 0.5) is 21.0 Å². The summed E-state index contributed by atoms with van der Waals surface area (Å²) in [6.07, 6.45) is 1.91. The molecule has 0 heterocycles. The predicted octanol–water partition coefficient (Wildman–Crippen LogP) is 6.78. The van der Waals surface area contributed by atoms with E-state index in [0.717, 1.165) is 45.6 Å². The fraction of sp³-hybridized carbons (Fsp3) is 0.447. The predicted molar refractivity (Wildman–Crippen MR) is 202 cm³/mol. The number of carbonyl (C=O) groups is 3. The van der Waals surface area contributed by atoms with Gasteiger partial charge in [-0.25, -0.2) is 19.6 Å². The highest BCUT2D eigenvalue weighted by Crippen LogP contribution is 2.40. The second-order valence-electron chi connectivity index (χ2n) is 14.2. The molecule has 0 atom stereocenters. The van der Waals surface area contributed by atoms with Crippen molar-refractivity contribution in [2.75, 3.05) is 45.9 Å². The summed E-state index contributed by atoms with van der Waals surface area (Å²) in [5, 5.41) is 22.0. The SMILES string of the molecule is C.CN(C)NC(=O)Nc1ccc(Cc2ccc(NC(=O)NN(C)C)cc2)cc1.CNC(=O)CCc1cc(C(C)(C)C)c(O)c(C(C)(C)C)c1. The normalized spacial score (nSPS) is 11.1. The lowest BCUT2D eigenvalue weighted by molar-refractivity contribution is -0.120. The van der Waals surface area contributed by atoms with Crippen molar-refractivity contribution >= 4 is 29.3 Å². The van der Waals surface area contributed by atoms with Crippen LogP contribution in [0.2, 0.25) is 0 Å². The van der Waals surface area contributed by atoms with Gasteiger partial charge in [0.1, 0.15) is 5.75 Å². The first-order valence-corrected chi connectivity index (χ1v) is 16.0. The number of aryl methyl sites for hydroxylation is 1. The average molecular weight is 678 g/mol. The van der Waals surface area contributed by atoms with Crippen LogP contribution in [0.25, 0.3) is 0 Å². The van der Waals surface area contributed by atoms with E-state index in [9.17, 15) is 19.5 Å². The molecule has 6 N–H and O–H groups in total. The number of anilines is 2. The van der Waals surface area contributed by atoms with Gasteiger partial charge in [0.15, 0.2) is 0 Å². The summed E-state index contributed by atoms with van der Waals surface area (Å²) in [5.74, 6) is 0.427. The Kier molecular flexibility index (Phi) is 16.3. The number of nitrogens with one attached hydrogen (secondary N) is 5. The molecule has 49 heavy (non-hydrogen) atoms. The molecule has 0 aromatic heterocycles. The van der Waals surface area contributed by atoms with Gasteiger partial charge in [-0.2, -0.15) is 0 Å². The van der Waals surface area contributed by atoms with Gasteiger partial charge >= 0.3 is 12.1 Å². The minimum atomic E-state index is -0.283. The second kappa shape index (κ2) is 18.8. The van der Waals surface area contributed by atoms with E-state index in [1.54, 1.807) is 45.3 Å². The molecule has 0 aliphatic heterocycles. The Bertz CT molecular complexity index is 1400. The maximum Gasteiger partial charge on any atom is 0.333 e. The maximum atomic E-state index is 11.7. The van der Waals surface area contributed by atoms with Crippen LogP contribution in [-0.4, -0.2) is 68.3 Å². The molecule has 3 aromatic carbocycles. The Morgan fingerprint density at radius 2 is 1.02 bits per heavy atom. The number of aromatic hydroxyl groups is 1. The van der Waals surface area contributed by atoms with Crippen LogP contribution in [-0.2, 0) is 28.5 Å². The van der Waals surface area contributed by atoms with E-state index >= 15 is 0 Å². The topological polar surface area (TPSA) is 138 Å². The second-order valence-corrected chi connectivity index (χ2v) is 14.2. The number of phenolic OH excluding ortho intramolecular Hbond substituents is 1. The zero-order valence-corrected chi connectivity index (χ0v) is 30.5. The molecule has 11 heteroatoms. The van der Waals surface area contributed by atoms with Crippen LogP contribution in [0.3, 0.4) is 0 Å². The number of rotatable bonds is 9. The molecule has 11 nitrogen and oxygen atoms in total. The summed E-state index contributed by atoms with van der Waals surface area (Å²) >= 11 is 0. The van der Waals surface area contributed by atoms with Gasteiger partial charge in [-0.15, -0.1) is 0 Å². The third-order valence-electron chi connectivity index (χ3n) is 7.19. The Labute approximate surface area is 293 Å². The van der Waals surface area contributed by atoms with E-state index in [-0.39, 0.29) is 36.2 Å². The molecule has 0 unspecified atom stereocenters. The number of hydrogen-bond acceptors (Lipinski definition) is 6. The van der Waals surface area contributed by atoms with Gasteiger partial charge in [-0.05, 0) is 75.8 Å². The summed E-state index contributed by atoms with van der Waals surface area (Å²) in [7, 11) is 8.65. The Balaban J connectivity index is 0.000000496. The molecule has 0 spiro atoms. The van der Waals surface area contributed by atoms with Crippen LogP contribution in [0.15, 0.2) is 60.7 Å². The van der Waals surface area contributed by atoms with E-state index in [4.69, 9.17) is 0 Å². The molecule has 3 rings (SSSR count). The zero-order chi connectivity index (χ0) is 36.2. The molecule has 5 amide bonds. The van der Waals surface area contributed by atoms with Gasteiger partial charge in [0.05, 0.1) is 0 Å². The van der Waals surface area contributed by atoms with Crippen molar-refractivity contribution in [1.82, 2.24) is 26.2 Å². The minimum absolute atomic E-state index is 0. The first kappa shape index (κ1) is 42.4. The van der Waals surface area contributed by atoms with Crippen molar-refractivity contribution in [1.29, 1.82) is 0 Å². The van der Waals surface area contributed by atoms with Gasteiger partial charge < -0.3 is 21.1 Å². The third kappa shape index (κ3) is 15.0. The highest BCUT2D eigenvalue weighted by atomic mass is 16.3. The van der Waals surface area contributed by atoms with Crippen LogP contribution in [0, 0.1) is 0 Å². The highest BCUT2D eigenvalue weighted by Gasteiger charge is 2.26. The number of carbonyl (C=O) groups excluding carboxylic acids is 3. The van der Waals surface area contributed by atoms with Crippen molar-refractivity contribution in [3.63, 3.8) is 0 Å². The lowest BCUT2D eigenvalue weighted by Crippen LogP contribution is -2.39. The molecule has 0 fully saturated rings. The van der Waals surface area contributed by atoms with Gasteiger partial charge in [-0.3, -0.25) is 15.6 Å². The van der Waals surface area contributed by atoms with Crippen molar-refractivity contribution in [2.45, 2.75) is 79.1 Å². The first-order chi connectivity index (χ1) is 22.3. The summed E-state index contributed by atoms with van der Waals surface area (Å²) < 4.78 is 0. The average Bonchev–Trinajstić information content (AvgIpc) is 2.96. The van der Waals surface area contributed by atoms with E-state index in [2.05, 4.69) is 68.3 Å². The number of phenols is 1. The highest BCUT2D eigenvalue weighted by molar-refractivity contribution is 5.89. The Hall–Kier alpha value is -4.61. The number of hydrazine groups is 2. The number of amides is 5. The molecule has 3 aromatic rings. The van der Waals surface area contributed by atoms with Crippen LogP contribution in [0.5, 0.6) is 5.75 Å². The lowest BCUT2D eigenvalue weighted by Gasteiger charge is -2.28. The summed E-state index contributed by atoms with van der Waals surface area (Å²) in [5.41, 5.74) is 11.7. The van der Waals surface area contributed by atoms with Gasteiger partial charge in [0.25, 0.3) is 0 Å². The van der Waals surface area contributed by atoms with E-state index in [1.165, 1.54) is 0 Å². The number of nitrogens with zero attached hydrogens (tertiary/aromatic N) is 2. The van der Waals surface area contributed by atoms with Gasteiger partial charge in [0, 0.05) is 53.0 Å². The molecule has 0 radical (unpaired) electrons. The zero-order valence-electron chi connectivity index (χ0n) is 30.5. The summed E-state index contributed by atoms with van der Waals surface area (Å²) in [6.45, 7) is 12.6. The molecular weight excluding hydrogens is 618 g/mol. The van der Waals surface area contributed by atoms with Crippen molar-refractivity contribution < 1.29 is 19.5 Å². The monoisotopic (exact) mass is 677 g/mol. The quantitative estimate of drug-likeness (QED) is 0.138. The third-order valence-corrected chi connectivity index (χ3v) is 7.19. The van der Waals surface area contributed by atoms with Crippen molar-refractivity contribution in [3.8, 4) is 5.75 Å². The smallest absolute Gasteiger partial charge is 0.333 e. The Morgan fingerprint density at radius 1 is 0.653 bits per heavy atom. The molecule has 0 bridgehead atoms. The van der Waals surface area contributed by atoms with Crippen LogP contribution < -0.4 is 26.8 Å². The maximum absolute atomic E-state index is 11.7. The molecule has 0 aliphatic carbocycles. The Morgan fingerprint density at radius 3 is 1.33 bits per heavy atom. The van der Waals surface area contributed by atoms with E-state index in [0.29, 0.717) is 18.6 Å². The molecule has 270 valence electrons. The minimum Gasteiger partial charge on any atom is -0.507 e. The number of urea groups is 2. The number of benzene rings is 3. The van der Waals surface area contributed by atoms with E-state index in [1.807, 2.05) is 60.7 Å². The number of hydrogen-bond donors (Lipinski definition) is 6. The first-order valence-electron chi connectivity index (χ1n) is 16.0. The summed E-state index contributed by atoms with van der Waals surface area (Å²) in [4.78, 5) is 34.8. The largest absolute Gasteiger partial charge is 0.507 e. The molecular formula is C38H59N7O4. The van der Waals surface area contributed by atoms with Crippen LogP contribution >= 0.6 is 0 Å². The fourth-order valence-corrected chi connectivity index (χ4v) is 4.74. The van der Waals surface area contributed by atoms with Crippen LogP contribution in [0.1, 0.15) is 83.2 Å².